The predicted molar refractivity (Wildman–Crippen MR) is 127 cm³/mol. The number of carbonyl (C=O) groups excluding carboxylic acids is 2. The fourth-order valence-corrected chi connectivity index (χ4v) is 2.97. The number of anilines is 1. The molecule has 0 spiro atoms. The standard InChI is InChI=1S/C23H19ClN4O6/c1-33-21-5-3-2-4-19(21)26-22(29)14-34-20-11-8-17(24)12-16(20)13-25-27-23(30)15-6-9-18(10-7-15)28(31)32/h2-13H,14H2,1H3,(H,26,29)(H,27,30). The first-order valence-corrected chi connectivity index (χ1v) is 10.2. The minimum absolute atomic E-state index is 0.129. The minimum atomic E-state index is -0.563. The van der Waals surface area contributed by atoms with Gasteiger partial charge in [-0.05, 0) is 42.5 Å². The molecule has 0 bridgehead atoms. The Labute approximate surface area is 199 Å². The van der Waals surface area contributed by atoms with Gasteiger partial charge in [-0.3, -0.25) is 19.7 Å². The van der Waals surface area contributed by atoms with E-state index < -0.39 is 16.7 Å². The molecule has 2 N–H and O–H groups in total. The fraction of sp³-hybridized carbons (Fsp3) is 0.0870. The monoisotopic (exact) mass is 482 g/mol. The Morgan fingerprint density at radius 2 is 1.82 bits per heavy atom. The molecule has 0 aliphatic heterocycles. The quantitative estimate of drug-likeness (QED) is 0.269. The van der Waals surface area contributed by atoms with Gasteiger partial charge < -0.3 is 14.8 Å². The molecular weight excluding hydrogens is 464 g/mol. The number of para-hydroxylation sites is 2. The van der Waals surface area contributed by atoms with E-state index in [-0.39, 0.29) is 17.9 Å². The first-order valence-electron chi connectivity index (χ1n) is 9.80. The Hall–Kier alpha value is -4.44. The Kier molecular flexibility index (Phi) is 8.14. The second-order valence-electron chi connectivity index (χ2n) is 6.72. The van der Waals surface area contributed by atoms with Crippen molar-refractivity contribution in [2.45, 2.75) is 0 Å². The smallest absolute Gasteiger partial charge is 0.271 e. The number of ether oxygens (including phenoxy) is 2. The van der Waals surface area contributed by atoms with Crippen LogP contribution in [0.2, 0.25) is 5.02 Å². The van der Waals surface area contributed by atoms with E-state index in [4.69, 9.17) is 21.1 Å². The summed E-state index contributed by atoms with van der Waals surface area (Å²) in [6.07, 6.45) is 1.31. The zero-order chi connectivity index (χ0) is 24.5. The molecule has 0 unspecified atom stereocenters. The summed E-state index contributed by atoms with van der Waals surface area (Å²) in [6, 6.07) is 16.7. The lowest BCUT2D eigenvalue weighted by atomic mass is 10.2. The molecule has 0 fully saturated rings. The molecule has 10 nitrogen and oxygen atoms in total. The van der Waals surface area contributed by atoms with Crippen LogP contribution in [0.25, 0.3) is 0 Å². The molecule has 174 valence electrons. The minimum Gasteiger partial charge on any atom is -0.495 e. The van der Waals surface area contributed by atoms with Crippen LogP contribution in [0.5, 0.6) is 11.5 Å². The summed E-state index contributed by atoms with van der Waals surface area (Å²) in [5, 5.41) is 17.7. The van der Waals surface area contributed by atoms with Crippen molar-refractivity contribution in [1.82, 2.24) is 5.43 Å². The number of nitro benzene ring substituents is 1. The number of amides is 2. The van der Waals surface area contributed by atoms with Crippen LogP contribution < -0.4 is 20.2 Å². The highest BCUT2D eigenvalue weighted by atomic mass is 35.5. The Balaban J connectivity index is 1.62. The summed E-state index contributed by atoms with van der Waals surface area (Å²) >= 11 is 6.05. The van der Waals surface area contributed by atoms with E-state index >= 15 is 0 Å². The summed E-state index contributed by atoms with van der Waals surface area (Å²) in [4.78, 5) is 34.7. The predicted octanol–water partition coefficient (Wildman–Crippen LogP) is 4.04. The number of hydrazone groups is 1. The largest absolute Gasteiger partial charge is 0.495 e. The molecule has 0 aromatic heterocycles. The summed E-state index contributed by atoms with van der Waals surface area (Å²) in [6.45, 7) is -0.296. The zero-order valence-electron chi connectivity index (χ0n) is 17.9. The van der Waals surface area contributed by atoms with Gasteiger partial charge >= 0.3 is 0 Å². The second kappa shape index (κ2) is 11.4. The van der Waals surface area contributed by atoms with Gasteiger partial charge in [-0.1, -0.05) is 23.7 Å². The lowest BCUT2D eigenvalue weighted by molar-refractivity contribution is -0.384. The molecule has 0 aliphatic rings. The molecule has 0 radical (unpaired) electrons. The number of nitrogens with zero attached hydrogens (tertiary/aromatic N) is 2. The maximum absolute atomic E-state index is 12.3. The van der Waals surface area contributed by atoms with E-state index in [2.05, 4.69) is 15.8 Å². The topological polar surface area (TPSA) is 132 Å². The number of carbonyl (C=O) groups is 2. The van der Waals surface area contributed by atoms with Crippen LogP contribution in [0.1, 0.15) is 15.9 Å². The van der Waals surface area contributed by atoms with Crippen LogP contribution >= 0.6 is 11.6 Å². The highest BCUT2D eigenvalue weighted by Crippen LogP contribution is 2.24. The Morgan fingerprint density at radius 1 is 1.09 bits per heavy atom. The number of halogens is 1. The number of hydrogen-bond acceptors (Lipinski definition) is 7. The molecular formula is C23H19ClN4O6. The van der Waals surface area contributed by atoms with E-state index in [1.807, 2.05) is 0 Å². The molecule has 0 saturated carbocycles. The number of nitro groups is 1. The third-order valence-electron chi connectivity index (χ3n) is 4.42. The van der Waals surface area contributed by atoms with E-state index in [1.54, 1.807) is 42.5 Å². The van der Waals surface area contributed by atoms with Gasteiger partial charge in [0.05, 0.1) is 23.9 Å². The van der Waals surface area contributed by atoms with Crippen LogP contribution in [0.15, 0.2) is 71.8 Å². The number of methoxy groups -OCH3 is 1. The molecule has 3 rings (SSSR count). The zero-order valence-corrected chi connectivity index (χ0v) is 18.6. The number of rotatable bonds is 9. The number of hydrogen-bond donors (Lipinski definition) is 2. The summed E-state index contributed by atoms with van der Waals surface area (Å²) < 4.78 is 10.8. The van der Waals surface area contributed by atoms with Crippen molar-refractivity contribution in [3.05, 3.63) is 93.0 Å². The van der Waals surface area contributed by atoms with E-state index in [0.29, 0.717) is 27.8 Å². The van der Waals surface area contributed by atoms with Crippen molar-refractivity contribution in [2.24, 2.45) is 5.10 Å². The molecule has 3 aromatic carbocycles. The Bertz CT molecular complexity index is 1230. The van der Waals surface area contributed by atoms with E-state index in [0.717, 1.165) is 0 Å². The number of benzene rings is 3. The summed E-state index contributed by atoms with van der Waals surface area (Å²) in [5.74, 6) is -0.146. The molecule has 0 saturated heterocycles. The third kappa shape index (κ3) is 6.53. The number of non-ortho nitro benzene ring substituents is 1. The van der Waals surface area contributed by atoms with Crippen molar-refractivity contribution < 1.29 is 24.0 Å². The summed E-state index contributed by atoms with van der Waals surface area (Å²) in [5.41, 5.74) is 3.31. The second-order valence-corrected chi connectivity index (χ2v) is 7.16. The van der Waals surface area contributed by atoms with Crippen LogP contribution in [-0.2, 0) is 4.79 Å². The molecule has 3 aromatic rings. The van der Waals surface area contributed by atoms with Crippen LogP contribution in [0, 0.1) is 10.1 Å². The van der Waals surface area contributed by atoms with Gasteiger partial charge in [-0.25, -0.2) is 5.43 Å². The Morgan fingerprint density at radius 3 is 2.53 bits per heavy atom. The first-order chi connectivity index (χ1) is 16.4. The molecule has 0 aliphatic carbocycles. The third-order valence-corrected chi connectivity index (χ3v) is 4.66. The first kappa shape index (κ1) is 24.2. The molecule has 34 heavy (non-hydrogen) atoms. The van der Waals surface area contributed by atoms with Crippen LogP contribution in [0.3, 0.4) is 0 Å². The van der Waals surface area contributed by atoms with Crippen LogP contribution in [-0.4, -0.2) is 36.7 Å². The SMILES string of the molecule is COc1ccccc1NC(=O)COc1ccc(Cl)cc1C=NNC(=O)c1ccc([N+](=O)[O-])cc1. The van der Waals surface area contributed by atoms with Gasteiger partial charge in [-0.2, -0.15) is 5.10 Å². The lowest BCUT2D eigenvalue weighted by Crippen LogP contribution is -2.21. The van der Waals surface area contributed by atoms with Gasteiger partial charge in [0.25, 0.3) is 17.5 Å². The van der Waals surface area contributed by atoms with Crippen molar-refractivity contribution in [2.75, 3.05) is 19.0 Å². The molecule has 0 atom stereocenters. The highest BCUT2D eigenvalue weighted by Gasteiger charge is 2.11. The van der Waals surface area contributed by atoms with E-state index in [9.17, 15) is 19.7 Å². The fourth-order valence-electron chi connectivity index (χ4n) is 2.79. The van der Waals surface area contributed by atoms with Gasteiger partial charge in [0.1, 0.15) is 11.5 Å². The van der Waals surface area contributed by atoms with E-state index in [1.165, 1.54) is 37.6 Å². The van der Waals surface area contributed by atoms with Crippen molar-refractivity contribution in [3.63, 3.8) is 0 Å². The molecule has 11 heteroatoms. The van der Waals surface area contributed by atoms with Crippen LogP contribution in [0.4, 0.5) is 11.4 Å². The van der Waals surface area contributed by atoms with Gasteiger partial charge in [0, 0.05) is 28.3 Å². The maximum Gasteiger partial charge on any atom is 0.271 e. The molecule has 0 heterocycles. The van der Waals surface area contributed by atoms with Gasteiger partial charge in [0.2, 0.25) is 0 Å². The van der Waals surface area contributed by atoms with Crippen molar-refractivity contribution in [1.29, 1.82) is 0 Å². The number of nitrogens with one attached hydrogen (secondary N) is 2. The van der Waals surface area contributed by atoms with Crippen molar-refractivity contribution in [3.8, 4) is 11.5 Å². The molecule has 2 amide bonds. The average Bonchev–Trinajstić information content (AvgIpc) is 2.83. The van der Waals surface area contributed by atoms with Gasteiger partial charge in [0.15, 0.2) is 6.61 Å². The highest BCUT2D eigenvalue weighted by molar-refractivity contribution is 6.30. The normalized spacial score (nSPS) is 10.5. The summed E-state index contributed by atoms with van der Waals surface area (Å²) in [7, 11) is 1.50. The van der Waals surface area contributed by atoms with Crippen molar-refractivity contribution >= 4 is 41.0 Å². The maximum atomic E-state index is 12.3. The lowest BCUT2D eigenvalue weighted by Gasteiger charge is -2.12. The average molecular weight is 483 g/mol. The van der Waals surface area contributed by atoms with Gasteiger partial charge in [-0.15, -0.1) is 0 Å².